The van der Waals surface area contributed by atoms with Crippen LogP contribution in [-0.4, -0.2) is 18.4 Å². The Bertz CT molecular complexity index is 485. The highest BCUT2D eigenvalue weighted by Gasteiger charge is 2.21. The van der Waals surface area contributed by atoms with Crippen LogP contribution in [0, 0.1) is 5.92 Å². The van der Waals surface area contributed by atoms with Crippen LogP contribution in [0.1, 0.15) is 32.1 Å². The van der Waals surface area contributed by atoms with Gasteiger partial charge in [0.05, 0.1) is 6.54 Å². The van der Waals surface area contributed by atoms with Crippen LogP contribution >= 0.6 is 15.9 Å². The smallest absolute Gasteiger partial charge is 0.243 e. The molecule has 1 aromatic carbocycles. The molecular weight excluding hydrogens is 320 g/mol. The maximum absolute atomic E-state index is 11.9. The first-order valence-electron chi connectivity index (χ1n) is 6.98. The molecule has 1 aliphatic carbocycles. The first kappa shape index (κ1) is 15.0. The highest BCUT2D eigenvalue weighted by Crippen LogP contribution is 2.23. The van der Waals surface area contributed by atoms with E-state index in [1.807, 2.05) is 24.3 Å². The van der Waals surface area contributed by atoms with Crippen molar-refractivity contribution in [1.82, 2.24) is 5.32 Å². The van der Waals surface area contributed by atoms with Gasteiger partial charge < -0.3 is 10.6 Å². The fourth-order valence-electron chi connectivity index (χ4n) is 2.45. The zero-order valence-corrected chi connectivity index (χ0v) is 12.9. The molecule has 2 rings (SSSR count). The summed E-state index contributed by atoms with van der Waals surface area (Å²) in [5.74, 6) is -0.108. The van der Waals surface area contributed by atoms with E-state index in [4.69, 9.17) is 0 Å². The van der Waals surface area contributed by atoms with Crippen LogP contribution in [0.25, 0.3) is 0 Å². The first-order chi connectivity index (χ1) is 9.65. The van der Waals surface area contributed by atoms with Gasteiger partial charge in [-0.15, -0.1) is 0 Å². The summed E-state index contributed by atoms with van der Waals surface area (Å²) in [6.45, 7) is 0.0296. The lowest BCUT2D eigenvalue weighted by Crippen LogP contribution is -2.37. The molecule has 5 heteroatoms. The van der Waals surface area contributed by atoms with Crippen molar-refractivity contribution in [2.24, 2.45) is 5.92 Å². The second kappa shape index (κ2) is 7.43. The molecule has 2 N–H and O–H groups in total. The van der Waals surface area contributed by atoms with E-state index in [-0.39, 0.29) is 24.3 Å². The fourth-order valence-corrected chi connectivity index (χ4v) is 2.85. The molecule has 0 aliphatic heterocycles. The molecule has 0 unspecified atom stereocenters. The number of anilines is 1. The standard InChI is InChI=1S/C15H19BrN2O2/c16-12-7-4-8-13(9-12)18-14(19)10-17-15(20)11-5-2-1-3-6-11/h4,7-9,11H,1-3,5-6,10H2,(H,17,20)(H,18,19). The van der Waals surface area contributed by atoms with Crippen molar-refractivity contribution in [3.63, 3.8) is 0 Å². The molecule has 1 aromatic rings. The largest absolute Gasteiger partial charge is 0.347 e. The SMILES string of the molecule is O=C(CNC(=O)C1CCCCC1)Nc1cccc(Br)c1. The molecule has 0 atom stereocenters. The van der Waals surface area contributed by atoms with Gasteiger partial charge in [0, 0.05) is 16.1 Å². The van der Waals surface area contributed by atoms with Crippen LogP contribution in [-0.2, 0) is 9.59 Å². The van der Waals surface area contributed by atoms with Gasteiger partial charge in [-0.25, -0.2) is 0 Å². The van der Waals surface area contributed by atoms with E-state index in [9.17, 15) is 9.59 Å². The summed E-state index contributed by atoms with van der Waals surface area (Å²) in [5, 5.41) is 5.48. The minimum atomic E-state index is -0.202. The van der Waals surface area contributed by atoms with Gasteiger partial charge in [-0.3, -0.25) is 9.59 Å². The van der Waals surface area contributed by atoms with Crippen molar-refractivity contribution in [2.75, 3.05) is 11.9 Å². The molecule has 108 valence electrons. The highest BCUT2D eigenvalue weighted by molar-refractivity contribution is 9.10. The van der Waals surface area contributed by atoms with Crippen LogP contribution in [0.2, 0.25) is 0 Å². The van der Waals surface area contributed by atoms with Crippen LogP contribution in [0.4, 0.5) is 5.69 Å². The van der Waals surface area contributed by atoms with E-state index >= 15 is 0 Å². The molecule has 0 bridgehead atoms. The van der Waals surface area contributed by atoms with Crippen molar-refractivity contribution in [3.8, 4) is 0 Å². The zero-order valence-electron chi connectivity index (χ0n) is 11.3. The fraction of sp³-hybridized carbons (Fsp3) is 0.467. The molecule has 0 saturated heterocycles. The van der Waals surface area contributed by atoms with Crippen molar-refractivity contribution in [3.05, 3.63) is 28.7 Å². The number of hydrogen-bond acceptors (Lipinski definition) is 2. The van der Waals surface area contributed by atoms with E-state index in [0.717, 1.165) is 35.8 Å². The molecule has 20 heavy (non-hydrogen) atoms. The summed E-state index contributed by atoms with van der Waals surface area (Å²) >= 11 is 3.35. The summed E-state index contributed by atoms with van der Waals surface area (Å²) < 4.78 is 0.904. The normalized spacial score (nSPS) is 15.7. The van der Waals surface area contributed by atoms with Gasteiger partial charge in [-0.2, -0.15) is 0 Å². The second-order valence-electron chi connectivity index (χ2n) is 5.11. The average molecular weight is 339 g/mol. The molecule has 1 fully saturated rings. The molecule has 0 radical (unpaired) electrons. The van der Waals surface area contributed by atoms with E-state index in [1.165, 1.54) is 6.42 Å². The van der Waals surface area contributed by atoms with Gasteiger partial charge in [-0.05, 0) is 31.0 Å². The number of benzene rings is 1. The summed E-state index contributed by atoms with van der Waals surface area (Å²) in [6, 6.07) is 7.37. The van der Waals surface area contributed by atoms with Gasteiger partial charge >= 0.3 is 0 Å². The van der Waals surface area contributed by atoms with Crippen LogP contribution in [0.15, 0.2) is 28.7 Å². The average Bonchev–Trinajstić information content (AvgIpc) is 2.46. The zero-order chi connectivity index (χ0) is 14.4. The Balaban J connectivity index is 1.75. The Labute approximate surface area is 127 Å². The van der Waals surface area contributed by atoms with E-state index in [2.05, 4.69) is 26.6 Å². The number of nitrogens with one attached hydrogen (secondary N) is 2. The Hall–Kier alpha value is -1.36. The number of carbonyl (C=O) groups excluding carboxylic acids is 2. The third kappa shape index (κ3) is 4.63. The van der Waals surface area contributed by atoms with Crippen molar-refractivity contribution >= 4 is 33.4 Å². The quantitative estimate of drug-likeness (QED) is 0.886. The predicted octanol–water partition coefficient (Wildman–Crippen LogP) is 3.08. The van der Waals surface area contributed by atoms with E-state index in [0.29, 0.717) is 0 Å². The Morgan fingerprint density at radius 2 is 1.95 bits per heavy atom. The maximum atomic E-state index is 11.9. The van der Waals surface area contributed by atoms with Crippen LogP contribution < -0.4 is 10.6 Å². The lowest BCUT2D eigenvalue weighted by molar-refractivity contribution is -0.128. The number of amides is 2. The van der Waals surface area contributed by atoms with Gasteiger partial charge in [-0.1, -0.05) is 41.3 Å². The van der Waals surface area contributed by atoms with Gasteiger partial charge in [0.15, 0.2) is 0 Å². The monoisotopic (exact) mass is 338 g/mol. The summed E-state index contributed by atoms with van der Waals surface area (Å²) in [7, 11) is 0. The van der Waals surface area contributed by atoms with Crippen molar-refractivity contribution < 1.29 is 9.59 Å². The highest BCUT2D eigenvalue weighted by atomic mass is 79.9. The third-order valence-electron chi connectivity index (χ3n) is 3.51. The molecular formula is C15H19BrN2O2. The Kier molecular flexibility index (Phi) is 5.59. The number of rotatable bonds is 4. The number of halogens is 1. The van der Waals surface area contributed by atoms with Crippen molar-refractivity contribution in [2.45, 2.75) is 32.1 Å². The molecule has 0 aromatic heterocycles. The maximum Gasteiger partial charge on any atom is 0.243 e. The summed E-state index contributed by atoms with van der Waals surface area (Å²) in [4.78, 5) is 23.7. The second-order valence-corrected chi connectivity index (χ2v) is 6.03. The van der Waals surface area contributed by atoms with Gasteiger partial charge in [0.1, 0.15) is 0 Å². The van der Waals surface area contributed by atoms with E-state index < -0.39 is 0 Å². The number of hydrogen-bond donors (Lipinski definition) is 2. The molecule has 1 aliphatic rings. The van der Waals surface area contributed by atoms with Crippen LogP contribution in [0.3, 0.4) is 0 Å². The first-order valence-corrected chi connectivity index (χ1v) is 7.77. The molecule has 0 heterocycles. The van der Waals surface area contributed by atoms with Gasteiger partial charge in [0.2, 0.25) is 11.8 Å². The van der Waals surface area contributed by atoms with E-state index in [1.54, 1.807) is 0 Å². The Morgan fingerprint density at radius 3 is 2.65 bits per heavy atom. The molecule has 0 spiro atoms. The Morgan fingerprint density at radius 1 is 1.20 bits per heavy atom. The van der Waals surface area contributed by atoms with Crippen LogP contribution in [0.5, 0.6) is 0 Å². The lowest BCUT2D eigenvalue weighted by atomic mass is 9.89. The molecule has 2 amide bonds. The number of carbonyl (C=O) groups is 2. The van der Waals surface area contributed by atoms with Crippen molar-refractivity contribution in [1.29, 1.82) is 0 Å². The lowest BCUT2D eigenvalue weighted by Gasteiger charge is -2.20. The topological polar surface area (TPSA) is 58.2 Å². The summed E-state index contributed by atoms with van der Waals surface area (Å²) in [5.41, 5.74) is 0.719. The summed E-state index contributed by atoms with van der Waals surface area (Å²) in [6.07, 6.45) is 5.33. The minimum Gasteiger partial charge on any atom is -0.347 e. The third-order valence-corrected chi connectivity index (χ3v) is 4.00. The van der Waals surface area contributed by atoms with Gasteiger partial charge in [0.25, 0.3) is 0 Å². The molecule has 4 nitrogen and oxygen atoms in total. The minimum absolute atomic E-state index is 0.00842. The molecule has 1 saturated carbocycles. The predicted molar refractivity (Wildman–Crippen MR) is 82.4 cm³/mol.